The van der Waals surface area contributed by atoms with Crippen molar-refractivity contribution in [3.8, 4) is 0 Å². The molecular formula is C8H10O3S. The lowest BCUT2D eigenvalue weighted by Crippen LogP contribution is -2.07. The lowest BCUT2D eigenvalue weighted by molar-refractivity contribution is 0.472. The second-order valence-electron chi connectivity index (χ2n) is 2.57. The quantitative estimate of drug-likeness (QED) is 0.714. The molecule has 0 amide bonds. The van der Waals surface area contributed by atoms with Crippen LogP contribution in [-0.4, -0.2) is 13.0 Å². The smallest absolute Gasteiger partial charge is 0.271 e. The van der Waals surface area contributed by atoms with Gasteiger partial charge in [-0.2, -0.15) is 8.42 Å². The Morgan fingerprint density at radius 1 is 1.25 bits per heavy atom. The number of hydrogen-bond donors (Lipinski definition) is 1. The molecule has 0 fully saturated rings. The largest absolute Gasteiger partial charge is 0.285 e. The van der Waals surface area contributed by atoms with E-state index in [1.54, 1.807) is 30.3 Å². The first-order valence-corrected chi connectivity index (χ1v) is 5.03. The normalized spacial score (nSPS) is 14.2. The van der Waals surface area contributed by atoms with Crippen molar-refractivity contribution >= 4 is 10.1 Å². The van der Waals surface area contributed by atoms with E-state index in [9.17, 15) is 8.42 Å². The summed E-state index contributed by atoms with van der Waals surface area (Å²) in [6, 6.07) is 8.59. The molecule has 0 heterocycles. The van der Waals surface area contributed by atoms with Crippen LogP contribution in [0.3, 0.4) is 0 Å². The predicted molar refractivity (Wildman–Crippen MR) is 46.4 cm³/mol. The first kappa shape index (κ1) is 9.22. The van der Waals surface area contributed by atoms with Crippen LogP contribution in [0, 0.1) is 0 Å². The Morgan fingerprint density at radius 3 is 2.17 bits per heavy atom. The zero-order valence-electron chi connectivity index (χ0n) is 6.64. The topological polar surface area (TPSA) is 54.4 Å². The summed E-state index contributed by atoms with van der Waals surface area (Å²) in [5.74, 6) is 0. The van der Waals surface area contributed by atoms with Gasteiger partial charge in [-0.15, -0.1) is 0 Å². The van der Waals surface area contributed by atoms with Gasteiger partial charge in [0.05, 0.1) is 0 Å². The fourth-order valence-corrected chi connectivity index (χ4v) is 1.40. The van der Waals surface area contributed by atoms with Crippen LogP contribution < -0.4 is 0 Å². The Morgan fingerprint density at radius 2 is 1.75 bits per heavy atom. The molecule has 0 aromatic heterocycles. The summed E-state index contributed by atoms with van der Waals surface area (Å²) >= 11 is 0. The Bertz CT molecular complexity index is 342. The van der Waals surface area contributed by atoms with Crippen molar-refractivity contribution in [3.05, 3.63) is 35.9 Å². The Kier molecular flexibility index (Phi) is 2.49. The molecule has 0 aliphatic rings. The van der Waals surface area contributed by atoms with Crippen LogP contribution in [0.5, 0.6) is 0 Å². The molecule has 66 valence electrons. The van der Waals surface area contributed by atoms with Crippen LogP contribution >= 0.6 is 0 Å². The summed E-state index contributed by atoms with van der Waals surface area (Å²) in [5.41, 5.74) is 0.597. The second-order valence-corrected chi connectivity index (χ2v) is 4.30. The van der Waals surface area contributed by atoms with Crippen molar-refractivity contribution < 1.29 is 13.0 Å². The third-order valence-corrected chi connectivity index (χ3v) is 2.88. The minimum atomic E-state index is -3.96. The van der Waals surface area contributed by atoms with E-state index in [4.69, 9.17) is 4.55 Å². The van der Waals surface area contributed by atoms with E-state index in [1.807, 2.05) is 0 Å². The minimum Gasteiger partial charge on any atom is -0.285 e. The highest BCUT2D eigenvalue weighted by Crippen LogP contribution is 2.19. The molecule has 1 aromatic carbocycles. The molecule has 0 aliphatic carbocycles. The Balaban J connectivity index is 3.02. The fourth-order valence-electron chi connectivity index (χ4n) is 0.896. The first-order chi connectivity index (χ1) is 5.52. The maximum atomic E-state index is 10.7. The standard InChI is InChI=1S/C8H10O3S/c1-7(12(9,10)11)8-5-3-2-4-6-8/h2-7H,1H3,(H,9,10,11)/t7-/m0/s1. The second kappa shape index (κ2) is 3.25. The van der Waals surface area contributed by atoms with Crippen LogP contribution in [-0.2, 0) is 10.1 Å². The molecular weight excluding hydrogens is 176 g/mol. The molecule has 0 saturated carbocycles. The van der Waals surface area contributed by atoms with E-state index in [1.165, 1.54) is 6.92 Å². The Hall–Kier alpha value is -0.870. The van der Waals surface area contributed by atoms with Gasteiger partial charge in [0, 0.05) is 0 Å². The molecule has 0 radical (unpaired) electrons. The van der Waals surface area contributed by atoms with E-state index in [-0.39, 0.29) is 0 Å². The zero-order valence-corrected chi connectivity index (χ0v) is 7.45. The third kappa shape index (κ3) is 2.06. The molecule has 0 spiro atoms. The molecule has 0 saturated heterocycles. The molecule has 12 heavy (non-hydrogen) atoms. The summed E-state index contributed by atoms with van der Waals surface area (Å²) in [4.78, 5) is 0. The highest BCUT2D eigenvalue weighted by Gasteiger charge is 2.18. The van der Waals surface area contributed by atoms with Crippen LogP contribution in [0.25, 0.3) is 0 Å². The number of benzene rings is 1. The lowest BCUT2D eigenvalue weighted by Gasteiger charge is -2.06. The molecule has 0 bridgehead atoms. The van der Waals surface area contributed by atoms with Crippen LogP contribution in [0.1, 0.15) is 17.7 Å². The van der Waals surface area contributed by atoms with Crippen molar-refractivity contribution in [2.24, 2.45) is 0 Å². The summed E-state index contributed by atoms with van der Waals surface area (Å²) in [6.07, 6.45) is 0. The van der Waals surface area contributed by atoms with Gasteiger partial charge < -0.3 is 0 Å². The molecule has 1 aromatic rings. The summed E-state index contributed by atoms with van der Waals surface area (Å²) in [6.45, 7) is 1.45. The van der Waals surface area contributed by atoms with Gasteiger partial charge in [0.1, 0.15) is 5.25 Å². The van der Waals surface area contributed by atoms with E-state index < -0.39 is 15.4 Å². The van der Waals surface area contributed by atoms with Crippen molar-refractivity contribution in [1.82, 2.24) is 0 Å². The zero-order chi connectivity index (χ0) is 9.19. The maximum absolute atomic E-state index is 10.7. The molecule has 0 unspecified atom stereocenters. The molecule has 1 atom stereocenters. The van der Waals surface area contributed by atoms with Gasteiger partial charge in [-0.3, -0.25) is 4.55 Å². The van der Waals surface area contributed by atoms with Gasteiger partial charge in [-0.05, 0) is 12.5 Å². The van der Waals surface area contributed by atoms with Crippen molar-refractivity contribution in [1.29, 1.82) is 0 Å². The van der Waals surface area contributed by atoms with Gasteiger partial charge in [-0.1, -0.05) is 30.3 Å². The third-order valence-electron chi connectivity index (χ3n) is 1.72. The highest BCUT2D eigenvalue weighted by atomic mass is 32.2. The van der Waals surface area contributed by atoms with E-state index in [2.05, 4.69) is 0 Å². The summed E-state index contributed by atoms with van der Waals surface area (Å²) in [5, 5.41) is -0.848. The van der Waals surface area contributed by atoms with Crippen molar-refractivity contribution in [2.75, 3.05) is 0 Å². The summed E-state index contributed by atoms with van der Waals surface area (Å²) < 4.78 is 30.1. The molecule has 0 aliphatic heterocycles. The SMILES string of the molecule is C[C@@H](c1ccccc1)S(=O)(=O)O. The van der Waals surface area contributed by atoms with Gasteiger partial charge >= 0.3 is 0 Å². The fraction of sp³-hybridized carbons (Fsp3) is 0.250. The van der Waals surface area contributed by atoms with Gasteiger partial charge in [0.25, 0.3) is 10.1 Å². The van der Waals surface area contributed by atoms with Crippen LogP contribution in [0.2, 0.25) is 0 Å². The maximum Gasteiger partial charge on any atom is 0.271 e. The van der Waals surface area contributed by atoms with Gasteiger partial charge in [0.15, 0.2) is 0 Å². The van der Waals surface area contributed by atoms with Crippen molar-refractivity contribution in [3.63, 3.8) is 0 Å². The van der Waals surface area contributed by atoms with Crippen LogP contribution in [0.15, 0.2) is 30.3 Å². The molecule has 3 nitrogen and oxygen atoms in total. The average Bonchev–Trinajstić information content (AvgIpc) is 2.03. The average molecular weight is 186 g/mol. The molecule has 1 rings (SSSR count). The highest BCUT2D eigenvalue weighted by molar-refractivity contribution is 7.86. The van der Waals surface area contributed by atoms with E-state index in [0.717, 1.165) is 0 Å². The predicted octanol–water partition coefficient (Wildman–Crippen LogP) is 1.64. The monoisotopic (exact) mass is 186 g/mol. The number of hydrogen-bond acceptors (Lipinski definition) is 2. The minimum absolute atomic E-state index is 0.597. The van der Waals surface area contributed by atoms with Crippen molar-refractivity contribution in [2.45, 2.75) is 12.2 Å². The molecule has 4 heteroatoms. The summed E-state index contributed by atoms with van der Waals surface area (Å²) in [7, 11) is -3.96. The Labute approximate surface area is 71.8 Å². The lowest BCUT2D eigenvalue weighted by atomic mass is 10.2. The van der Waals surface area contributed by atoms with E-state index >= 15 is 0 Å². The number of rotatable bonds is 2. The van der Waals surface area contributed by atoms with E-state index in [0.29, 0.717) is 5.56 Å². The van der Waals surface area contributed by atoms with Gasteiger partial charge in [0.2, 0.25) is 0 Å². The molecule has 1 N–H and O–H groups in total. The first-order valence-electron chi connectivity index (χ1n) is 3.53. The van der Waals surface area contributed by atoms with Crippen LogP contribution in [0.4, 0.5) is 0 Å². The van der Waals surface area contributed by atoms with Gasteiger partial charge in [-0.25, -0.2) is 0 Å².